The van der Waals surface area contributed by atoms with Gasteiger partial charge in [0.25, 0.3) is 5.56 Å². The number of aromatic nitrogens is 2. The molecule has 8 nitrogen and oxygen atoms in total. The van der Waals surface area contributed by atoms with Crippen LogP contribution in [0.25, 0.3) is 16.6 Å². The fourth-order valence-corrected chi connectivity index (χ4v) is 3.61. The molecular formula is C23H18ClFN4O4. The summed E-state index contributed by atoms with van der Waals surface area (Å²) in [5, 5.41) is 15.7. The zero-order valence-electron chi connectivity index (χ0n) is 17.2. The topological polar surface area (TPSA) is 116 Å². The van der Waals surface area contributed by atoms with Crippen molar-refractivity contribution in [3.05, 3.63) is 97.9 Å². The fraction of sp³-hybridized carbons (Fsp3) is 0.0870. The van der Waals surface area contributed by atoms with Crippen molar-refractivity contribution in [3.63, 3.8) is 0 Å². The molecule has 0 bridgehead atoms. The van der Waals surface area contributed by atoms with Crippen molar-refractivity contribution in [1.82, 2.24) is 9.55 Å². The Labute approximate surface area is 191 Å². The summed E-state index contributed by atoms with van der Waals surface area (Å²) in [7, 11) is 1.53. The monoisotopic (exact) mass is 468 g/mol. The molecule has 0 radical (unpaired) electrons. The molecule has 0 aliphatic rings. The third-order valence-electron chi connectivity index (χ3n) is 5.14. The van der Waals surface area contributed by atoms with Gasteiger partial charge in [-0.3, -0.25) is 4.79 Å². The first-order valence-electron chi connectivity index (χ1n) is 9.80. The molecule has 1 unspecified atom stereocenters. The van der Waals surface area contributed by atoms with Crippen LogP contribution in [0.5, 0.6) is 0 Å². The maximum atomic E-state index is 14.2. The second-order valence-corrected chi connectivity index (χ2v) is 7.65. The number of nitrogens with zero attached hydrogens (tertiary/aromatic N) is 1. The molecule has 0 fully saturated rings. The van der Waals surface area contributed by atoms with Crippen LogP contribution in [0, 0.1) is 5.82 Å². The summed E-state index contributed by atoms with van der Waals surface area (Å²) in [6.45, 7) is 0. The van der Waals surface area contributed by atoms with E-state index in [1.165, 1.54) is 25.2 Å². The number of benzene rings is 3. The van der Waals surface area contributed by atoms with E-state index in [0.717, 1.165) is 10.6 Å². The summed E-state index contributed by atoms with van der Waals surface area (Å²) in [5.41, 5.74) is 0.186. The smallest absolute Gasteiger partial charge is 0.333 e. The quantitative estimate of drug-likeness (QED) is 0.342. The van der Waals surface area contributed by atoms with Gasteiger partial charge in [0, 0.05) is 17.8 Å². The molecule has 3 aromatic carbocycles. The first-order valence-corrected chi connectivity index (χ1v) is 10.2. The maximum Gasteiger partial charge on any atom is 0.333 e. The average Bonchev–Trinajstić information content (AvgIpc) is 2.79. The predicted molar refractivity (Wildman–Crippen MR) is 125 cm³/mol. The largest absolute Gasteiger partial charge is 0.479 e. The molecule has 0 spiro atoms. The molecule has 1 aromatic heterocycles. The molecule has 1 heterocycles. The van der Waals surface area contributed by atoms with E-state index in [4.69, 9.17) is 11.6 Å². The van der Waals surface area contributed by atoms with E-state index < -0.39 is 29.1 Å². The van der Waals surface area contributed by atoms with Gasteiger partial charge < -0.3 is 20.7 Å². The first-order chi connectivity index (χ1) is 15.8. The lowest BCUT2D eigenvalue weighted by molar-refractivity contribution is -0.138. The summed E-state index contributed by atoms with van der Waals surface area (Å²) in [6.07, 6.45) is 0. The predicted octanol–water partition coefficient (Wildman–Crippen LogP) is 3.75. The van der Waals surface area contributed by atoms with Gasteiger partial charge in [-0.25, -0.2) is 18.5 Å². The van der Waals surface area contributed by atoms with E-state index >= 15 is 0 Å². The lowest BCUT2D eigenvalue weighted by Crippen LogP contribution is -2.33. The summed E-state index contributed by atoms with van der Waals surface area (Å²) in [6, 6.07) is 13.9. The Balaban J connectivity index is 1.69. The molecule has 0 saturated carbocycles. The van der Waals surface area contributed by atoms with Crippen molar-refractivity contribution in [2.24, 2.45) is 0 Å². The number of carbonyl (C=O) groups is 1. The maximum absolute atomic E-state index is 14.2. The average molecular weight is 469 g/mol. The van der Waals surface area contributed by atoms with Crippen LogP contribution in [-0.4, -0.2) is 27.7 Å². The highest BCUT2D eigenvalue weighted by Gasteiger charge is 2.20. The Morgan fingerprint density at radius 1 is 1.09 bits per heavy atom. The van der Waals surface area contributed by atoms with Crippen molar-refractivity contribution in [3.8, 4) is 5.69 Å². The van der Waals surface area contributed by atoms with Crippen molar-refractivity contribution in [1.29, 1.82) is 0 Å². The van der Waals surface area contributed by atoms with Gasteiger partial charge in [-0.1, -0.05) is 23.7 Å². The number of halogens is 2. The van der Waals surface area contributed by atoms with Gasteiger partial charge in [0.15, 0.2) is 6.04 Å². The number of anilines is 2. The van der Waals surface area contributed by atoms with Crippen LogP contribution in [0.1, 0.15) is 11.6 Å². The molecule has 0 aliphatic heterocycles. The summed E-state index contributed by atoms with van der Waals surface area (Å²) < 4.78 is 15.1. The van der Waals surface area contributed by atoms with E-state index in [0.29, 0.717) is 16.3 Å². The Morgan fingerprint density at radius 3 is 2.36 bits per heavy atom. The minimum Gasteiger partial charge on any atom is -0.479 e. The summed E-state index contributed by atoms with van der Waals surface area (Å²) in [4.78, 5) is 39.8. The van der Waals surface area contributed by atoms with Crippen LogP contribution in [0.4, 0.5) is 15.8 Å². The number of carboxylic acids is 1. The van der Waals surface area contributed by atoms with Crippen LogP contribution in [0.2, 0.25) is 5.02 Å². The Kier molecular flexibility index (Phi) is 5.89. The Bertz CT molecular complexity index is 1460. The Morgan fingerprint density at radius 2 is 1.76 bits per heavy atom. The normalized spacial score (nSPS) is 11.8. The molecule has 0 saturated heterocycles. The van der Waals surface area contributed by atoms with E-state index in [-0.39, 0.29) is 22.3 Å². The zero-order valence-corrected chi connectivity index (χ0v) is 18.0. The second-order valence-electron chi connectivity index (χ2n) is 7.21. The highest BCUT2D eigenvalue weighted by molar-refractivity contribution is 6.30. The number of hydrogen-bond donors (Lipinski definition) is 4. The molecule has 0 amide bonds. The highest BCUT2D eigenvalue weighted by atomic mass is 35.5. The third-order valence-corrected chi connectivity index (χ3v) is 5.39. The lowest BCUT2D eigenvalue weighted by Gasteiger charge is -2.17. The van der Waals surface area contributed by atoms with Gasteiger partial charge in [-0.05, 0) is 54.1 Å². The zero-order chi connectivity index (χ0) is 23.7. The second kappa shape index (κ2) is 8.79. The van der Waals surface area contributed by atoms with Crippen molar-refractivity contribution >= 4 is 39.8 Å². The van der Waals surface area contributed by atoms with E-state index in [1.54, 1.807) is 36.4 Å². The molecular weight excluding hydrogens is 451 g/mol. The molecule has 0 aliphatic carbocycles. The molecule has 4 rings (SSSR count). The number of aromatic amines is 1. The van der Waals surface area contributed by atoms with Crippen molar-refractivity contribution in [2.45, 2.75) is 6.04 Å². The van der Waals surface area contributed by atoms with Gasteiger partial charge in [-0.15, -0.1) is 0 Å². The van der Waals surface area contributed by atoms with Gasteiger partial charge in [-0.2, -0.15) is 0 Å². The number of H-pyrrole nitrogens is 1. The standard InChI is InChI=1S/C23H18ClFN4O4/c1-26-19-11-18-16(10-17(19)25)21(30)29(23(33)28-18)15-8-6-14(7-9-15)27-20(22(31)32)12-2-4-13(24)5-3-12/h2-11,20,26-27H,1H3,(H,28,33)(H,31,32). The number of aliphatic carboxylic acids is 1. The lowest BCUT2D eigenvalue weighted by atomic mass is 10.1. The van der Waals surface area contributed by atoms with Crippen LogP contribution < -0.4 is 21.9 Å². The number of nitrogens with one attached hydrogen (secondary N) is 3. The van der Waals surface area contributed by atoms with Crippen LogP contribution in [-0.2, 0) is 4.79 Å². The van der Waals surface area contributed by atoms with Crippen LogP contribution in [0.3, 0.4) is 0 Å². The Hall–Kier alpha value is -4.11. The molecule has 168 valence electrons. The summed E-state index contributed by atoms with van der Waals surface area (Å²) in [5.74, 6) is -1.71. The first kappa shape index (κ1) is 22.1. The number of carboxylic acid groups (broad SMARTS) is 1. The van der Waals surface area contributed by atoms with Crippen LogP contribution in [0.15, 0.2) is 70.3 Å². The van der Waals surface area contributed by atoms with Gasteiger partial charge in [0.2, 0.25) is 0 Å². The van der Waals surface area contributed by atoms with Crippen molar-refractivity contribution in [2.75, 3.05) is 17.7 Å². The molecule has 1 atom stereocenters. The molecule has 10 heteroatoms. The fourth-order valence-electron chi connectivity index (χ4n) is 3.48. The molecule has 33 heavy (non-hydrogen) atoms. The number of fused-ring (bicyclic) bond motifs is 1. The van der Waals surface area contributed by atoms with Gasteiger partial charge >= 0.3 is 11.7 Å². The molecule has 4 N–H and O–H groups in total. The minimum absolute atomic E-state index is 0.0157. The third kappa shape index (κ3) is 4.31. The molecule has 4 aromatic rings. The minimum atomic E-state index is -1.09. The highest BCUT2D eigenvalue weighted by Crippen LogP contribution is 2.23. The van der Waals surface area contributed by atoms with Gasteiger partial charge in [0.1, 0.15) is 5.82 Å². The summed E-state index contributed by atoms with van der Waals surface area (Å²) >= 11 is 5.87. The number of rotatable bonds is 6. The number of hydrogen-bond acceptors (Lipinski definition) is 5. The SMILES string of the molecule is CNc1cc2[nH]c(=O)n(-c3ccc(NC(C(=O)O)c4ccc(Cl)cc4)cc3)c(=O)c2cc1F. The van der Waals surface area contributed by atoms with E-state index in [2.05, 4.69) is 15.6 Å². The van der Waals surface area contributed by atoms with E-state index in [1.807, 2.05) is 0 Å². The van der Waals surface area contributed by atoms with Crippen LogP contribution >= 0.6 is 11.6 Å². The van der Waals surface area contributed by atoms with Gasteiger partial charge in [0.05, 0.1) is 22.3 Å². The van der Waals surface area contributed by atoms with E-state index in [9.17, 15) is 23.9 Å². The van der Waals surface area contributed by atoms with Crippen molar-refractivity contribution < 1.29 is 14.3 Å².